The lowest BCUT2D eigenvalue weighted by atomic mass is 10.1. The van der Waals surface area contributed by atoms with E-state index in [1.807, 2.05) is 0 Å². The zero-order chi connectivity index (χ0) is 15.6. The number of hydrogen-bond acceptors (Lipinski definition) is 5. The first-order chi connectivity index (χ1) is 9.81. The summed E-state index contributed by atoms with van der Waals surface area (Å²) >= 11 is 5.82. The van der Waals surface area contributed by atoms with Crippen LogP contribution in [0.15, 0.2) is 23.1 Å². The molecule has 1 fully saturated rings. The highest BCUT2D eigenvalue weighted by Gasteiger charge is 2.28. The molecule has 1 aliphatic carbocycles. The van der Waals surface area contributed by atoms with Crippen molar-refractivity contribution in [2.45, 2.75) is 30.3 Å². The van der Waals surface area contributed by atoms with Gasteiger partial charge in [-0.3, -0.25) is 10.1 Å². The second-order valence-corrected chi connectivity index (χ2v) is 7.12. The minimum absolute atomic E-state index is 0.0833. The van der Waals surface area contributed by atoms with Gasteiger partial charge in [0.25, 0.3) is 5.69 Å². The van der Waals surface area contributed by atoms with Gasteiger partial charge in [-0.15, -0.1) is 0 Å². The highest BCUT2D eigenvalue weighted by molar-refractivity contribution is 7.89. The Bertz CT molecular complexity index is 649. The second-order valence-electron chi connectivity index (χ2n) is 4.98. The van der Waals surface area contributed by atoms with E-state index < -0.39 is 21.1 Å². The van der Waals surface area contributed by atoms with E-state index >= 15 is 0 Å². The fourth-order valence-corrected chi connectivity index (χ4v) is 3.97. The van der Waals surface area contributed by atoms with Gasteiger partial charge in [0.15, 0.2) is 0 Å². The molecular weight excluding hydrogens is 320 g/mol. The Kier molecular flexibility index (Phi) is 4.82. The van der Waals surface area contributed by atoms with Crippen molar-refractivity contribution < 1.29 is 18.4 Å². The first-order valence-electron chi connectivity index (χ1n) is 6.43. The first-order valence-corrected chi connectivity index (χ1v) is 8.29. The van der Waals surface area contributed by atoms with Crippen LogP contribution in [0.1, 0.15) is 19.3 Å². The third kappa shape index (κ3) is 3.70. The maximum absolute atomic E-state index is 12.2. The van der Waals surface area contributed by atoms with Crippen molar-refractivity contribution in [3.05, 3.63) is 33.3 Å². The molecule has 7 nitrogen and oxygen atoms in total. The predicted octanol–water partition coefficient (Wildman–Crippen LogP) is 1.69. The Labute approximate surface area is 127 Å². The highest BCUT2D eigenvalue weighted by atomic mass is 35.5. The Morgan fingerprint density at radius 1 is 1.43 bits per heavy atom. The molecule has 2 atom stereocenters. The number of hydrogen-bond donors (Lipinski definition) is 2. The monoisotopic (exact) mass is 334 g/mol. The minimum Gasteiger partial charge on any atom is -0.393 e. The summed E-state index contributed by atoms with van der Waals surface area (Å²) in [5.74, 6) is -0.141. The second kappa shape index (κ2) is 6.27. The van der Waals surface area contributed by atoms with Crippen molar-refractivity contribution in [2.24, 2.45) is 5.92 Å². The van der Waals surface area contributed by atoms with Gasteiger partial charge in [-0.25, -0.2) is 13.1 Å². The maximum atomic E-state index is 12.2. The molecule has 2 unspecified atom stereocenters. The van der Waals surface area contributed by atoms with Gasteiger partial charge in [-0.1, -0.05) is 18.0 Å². The van der Waals surface area contributed by atoms with E-state index in [0.717, 1.165) is 25.0 Å². The number of non-ortho nitro benzene ring substituents is 1. The average molecular weight is 335 g/mol. The fourth-order valence-electron chi connectivity index (χ4n) is 2.36. The molecule has 0 bridgehead atoms. The molecule has 0 radical (unpaired) electrons. The van der Waals surface area contributed by atoms with Crippen LogP contribution >= 0.6 is 11.6 Å². The van der Waals surface area contributed by atoms with Gasteiger partial charge in [0.1, 0.15) is 4.90 Å². The number of nitrogens with one attached hydrogen (secondary N) is 1. The Balaban J connectivity index is 2.19. The Morgan fingerprint density at radius 2 is 2.14 bits per heavy atom. The maximum Gasteiger partial charge on any atom is 0.270 e. The molecule has 21 heavy (non-hydrogen) atoms. The van der Waals surface area contributed by atoms with E-state index in [4.69, 9.17) is 11.6 Å². The molecule has 1 aromatic carbocycles. The Morgan fingerprint density at radius 3 is 2.71 bits per heavy atom. The summed E-state index contributed by atoms with van der Waals surface area (Å²) in [4.78, 5) is 9.70. The third-order valence-electron chi connectivity index (χ3n) is 3.57. The number of halogens is 1. The van der Waals surface area contributed by atoms with E-state index in [9.17, 15) is 23.6 Å². The van der Waals surface area contributed by atoms with E-state index in [1.54, 1.807) is 0 Å². The largest absolute Gasteiger partial charge is 0.393 e. The van der Waals surface area contributed by atoms with Crippen LogP contribution in [-0.2, 0) is 10.0 Å². The van der Waals surface area contributed by atoms with Crippen LogP contribution < -0.4 is 4.72 Å². The van der Waals surface area contributed by atoms with E-state index in [2.05, 4.69) is 4.72 Å². The van der Waals surface area contributed by atoms with Crippen molar-refractivity contribution in [1.29, 1.82) is 0 Å². The summed E-state index contributed by atoms with van der Waals surface area (Å²) < 4.78 is 26.7. The van der Waals surface area contributed by atoms with Crippen LogP contribution in [0.2, 0.25) is 5.02 Å². The van der Waals surface area contributed by atoms with Crippen LogP contribution in [0.4, 0.5) is 5.69 Å². The van der Waals surface area contributed by atoms with Gasteiger partial charge in [0, 0.05) is 18.7 Å². The zero-order valence-corrected chi connectivity index (χ0v) is 12.6. The SMILES string of the molecule is O=[N+]([O-])c1ccc(Cl)c(S(=O)(=O)NCC2CCCC2O)c1. The summed E-state index contributed by atoms with van der Waals surface area (Å²) in [6.45, 7) is 0.0858. The average Bonchev–Trinajstić information content (AvgIpc) is 2.82. The molecule has 2 rings (SSSR count). The van der Waals surface area contributed by atoms with Crippen LogP contribution in [-0.4, -0.2) is 31.1 Å². The molecule has 1 aromatic rings. The molecule has 9 heteroatoms. The van der Waals surface area contributed by atoms with Crippen LogP contribution in [0.25, 0.3) is 0 Å². The van der Waals surface area contributed by atoms with Crippen LogP contribution in [0.5, 0.6) is 0 Å². The molecule has 116 valence electrons. The number of sulfonamides is 1. The molecule has 0 saturated heterocycles. The first kappa shape index (κ1) is 16.2. The van der Waals surface area contributed by atoms with Crippen molar-refractivity contribution in [1.82, 2.24) is 4.72 Å². The van der Waals surface area contributed by atoms with Crippen molar-refractivity contribution >= 4 is 27.3 Å². The molecular formula is C12H15ClN2O5S. The number of nitro benzene ring substituents is 1. The van der Waals surface area contributed by atoms with Crippen LogP contribution in [0.3, 0.4) is 0 Å². The molecule has 0 spiro atoms. The van der Waals surface area contributed by atoms with Gasteiger partial charge in [-0.2, -0.15) is 0 Å². The number of nitrogens with zero attached hydrogens (tertiary/aromatic N) is 1. The number of aliphatic hydroxyl groups is 1. The quantitative estimate of drug-likeness (QED) is 0.629. The lowest BCUT2D eigenvalue weighted by molar-refractivity contribution is -0.385. The predicted molar refractivity (Wildman–Crippen MR) is 76.6 cm³/mol. The molecule has 0 heterocycles. The molecule has 1 saturated carbocycles. The van der Waals surface area contributed by atoms with Crippen molar-refractivity contribution in [3.63, 3.8) is 0 Å². The molecule has 0 aliphatic heterocycles. The van der Waals surface area contributed by atoms with E-state index in [0.29, 0.717) is 6.42 Å². The number of aliphatic hydroxyl groups excluding tert-OH is 1. The van der Waals surface area contributed by atoms with Gasteiger partial charge in [0.2, 0.25) is 10.0 Å². The number of nitro groups is 1. The van der Waals surface area contributed by atoms with Crippen molar-refractivity contribution in [2.75, 3.05) is 6.54 Å². The molecule has 1 aliphatic rings. The van der Waals surface area contributed by atoms with E-state index in [1.165, 1.54) is 6.07 Å². The van der Waals surface area contributed by atoms with Crippen molar-refractivity contribution in [3.8, 4) is 0 Å². The third-order valence-corrected chi connectivity index (χ3v) is 5.47. The smallest absolute Gasteiger partial charge is 0.270 e. The fraction of sp³-hybridized carbons (Fsp3) is 0.500. The summed E-state index contributed by atoms with van der Waals surface area (Å²) in [5.41, 5.74) is -0.347. The summed E-state index contributed by atoms with van der Waals surface area (Å²) in [6.07, 6.45) is 1.73. The highest BCUT2D eigenvalue weighted by Crippen LogP contribution is 2.28. The minimum atomic E-state index is -3.96. The van der Waals surface area contributed by atoms with Crippen LogP contribution in [0, 0.1) is 16.0 Å². The zero-order valence-electron chi connectivity index (χ0n) is 11.0. The number of benzene rings is 1. The Hall–Kier alpha value is -1.22. The van der Waals surface area contributed by atoms with Gasteiger partial charge >= 0.3 is 0 Å². The van der Waals surface area contributed by atoms with Gasteiger partial charge in [-0.05, 0) is 24.8 Å². The standard InChI is InChI=1S/C12H15ClN2O5S/c13-10-5-4-9(15(17)18)6-12(10)21(19,20)14-7-8-2-1-3-11(8)16/h4-6,8,11,14,16H,1-3,7H2. The van der Waals surface area contributed by atoms with E-state index in [-0.39, 0.29) is 28.1 Å². The molecule has 0 amide bonds. The summed E-state index contributed by atoms with van der Waals surface area (Å²) in [5, 5.41) is 20.3. The lowest BCUT2D eigenvalue weighted by Crippen LogP contribution is -2.32. The number of rotatable bonds is 5. The summed E-state index contributed by atoms with van der Waals surface area (Å²) in [6, 6.07) is 3.25. The molecule has 0 aromatic heterocycles. The van der Waals surface area contributed by atoms with Gasteiger partial charge in [0.05, 0.1) is 16.0 Å². The lowest BCUT2D eigenvalue weighted by Gasteiger charge is -2.15. The normalized spacial score (nSPS) is 22.4. The molecule has 2 N–H and O–H groups in total. The van der Waals surface area contributed by atoms with Gasteiger partial charge < -0.3 is 5.11 Å². The summed E-state index contributed by atoms with van der Waals surface area (Å²) in [7, 11) is -3.96. The topological polar surface area (TPSA) is 110 Å².